The van der Waals surface area contributed by atoms with Gasteiger partial charge in [0.15, 0.2) is 12.4 Å². The van der Waals surface area contributed by atoms with E-state index < -0.39 is 0 Å². The van der Waals surface area contributed by atoms with Gasteiger partial charge >= 0.3 is 0 Å². The molecule has 0 saturated heterocycles. The Morgan fingerprint density at radius 2 is 1.88 bits per heavy atom. The molecular formula is C19H18N2O3. The van der Waals surface area contributed by atoms with Crippen molar-refractivity contribution in [1.29, 1.82) is 0 Å². The predicted molar refractivity (Wildman–Crippen MR) is 91.1 cm³/mol. The van der Waals surface area contributed by atoms with Crippen molar-refractivity contribution < 1.29 is 14.1 Å². The third kappa shape index (κ3) is 4.01. The van der Waals surface area contributed by atoms with E-state index in [1.165, 1.54) is 11.8 Å². The second kappa shape index (κ2) is 7.46. The van der Waals surface area contributed by atoms with Gasteiger partial charge in [0, 0.05) is 6.42 Å². The first kappa shape index (κ1) is 15.8. The first-order valence-corrected chi connectivity index (χ1v) is 7.68. The number of aromatic nitrogens is 1. The van der Waals surface area contributed by atoms with Crippen molar-refractivity contribution in [3.05, 3.63) is 77.7 Å². The summed E-state index contributed by atoms with van der Waals surface area (Å²) in [7, 11) is 0. The van der Waals surface area contributed by atoms with Crippen molar-refractivity contribution in [3.63, 3.8) is 0 Å². The zero-order chi connectivity index (χ0) is 16.8. The number of anilines is 1. The minimum Gasteiger partial charge on any atom is -0.483 e. The molecule has 0 spiro atoms. The van der Waals surface area contributed by atoms with Gasteiger partial charge in [0.25, 0.3) is 5.91 Å². The highest BCUT2D eigenvalue weighted by atomic mass is 16.5. The highest BCUT2D eigenvalue weighted by molar-refractivity contribution is 5.92. The monoisotopic (exact) mass is 322 g/mol. The van der Waals surface area contributed by atoms with Crippen molar-refractivity contribution in [3.8, 4) is 5.75 Å². The lowest BCUT2D eigenvalue weighted by Gasteiger charge is -2.11. The van der Waals surface area contributed by atoms with Crippen LogP contribution >= 0.6 is 0 Å². The number of nitrogens with one attached hydrogen (secondary N) is 1. The average molecular weight is 322 g/mol. The number of amides is 1. The van der Waals surface area contributed by atoms with E-state index in [2.05, 4.69) is 22.6 Å². The number of carbonyl (C=O) groups is 1. The van der Waals surface area contributed by atoms with Gasteiger partial charge < -0.3 is 14.6 Å². The Balaban J connectivity index is 1.63. The normalized spacial score (nSPS) is 10.4. The standard InChI is InChI=1S/C19H18N2O3/c1-14-17(12-20-24-14)21-19(22)13-23-18-10-6-5-9-16(18)11-15-7-3-2-4-8-15/h2-10,12H,11,13H2,1H3,(H,21,22). The molecule has 1 aromatic heterocycles. The van der Waals surface area contributed by atoms with Gasteiger partial charge in [-0.05, 0) is 24.1 Å². The van der Waals surface area contributed by atoms with E-state index in [-0.39, 0.29) is 12.5 Å². The quantitative estimate of drug-likeness (QED) is 0.753. The first-order valence-electron chi connectivity index (χ1n) is 7.68. The lowest BCUT2D eigenvalue weighted by atomic mass is 10.0. The molecule has 2 aromatic carbocycles. The second-order valence-electron chi connectivity index (χ2n) is 5.40. The number of hydrogen-bond acceptors (Lipinski definition) is 4. The summed E-state index contributed by atoms with van der Waals surface area (Å²) in [5.74, 6) is 1.02. The van der Waals surface area contributed by atoms with E-state index >= 15 is 0 Å². The molecule has 122 valence electrons. The molecule has 3 aromatic rings. The van der Waals surface area contributed by atoms with Gasteiger partial charge in [-0.3, -0.25) is 4.79 Å². The van der Waals surface area contributed by atoms with Crippen molar-refractivity contribution >= 4 is 11.6 Å². The molecule has 24 heavy (non-hydrogen) atoms. The van der Waals surface area contributed by atoms with Crippen molar-refractivity contribution in [2.24, 2.45) is 0 Å². The number of para-hydroxylation sites is 1. The Morgan fingerprint density at radius 3 is 2.62 bits per heavy atom. The van der Waals surface area contributed by atoms with Crippen molar-refractivity contribution in [2.45, 2.75) is 13.3 Å². The highest BCUT2D eigenvalue weighted by Crippen LogP contribution is 2.21. The molecule has 5 nitrogen and oxygen atoms in total. The summed E-state index contributed by atoms with van der Waals surface area (Å²) in [6, 6.07) is 17.9. The van der Waals surface area contributed by atoms with E-state index in [0.29, 0.717) is 17.2 Å². The summed E-state index contributed by atoms with van der Waals surface area (Å²) in [5.41, 5.74) is 2.79. The van der Waals surface area contributed by atoms with E-state index in [9.17, 15) is 4.79 Å². The molecule has 3 rings (SSSR count). The topological polar surface area (TPSA) is 64.4 Å². The van der Waals surface area contributed by atoms with Crippen molar-refractivity contribution in [2.75, 3.05) is 11.9 Å². The Kier molecular flexibility index (Phi) is 4.91. The first-order chi connectivity index (χ1) is 11.7. The van der Waals surface area contributed by atoms with Crippen LogP contribution in [0, 0.1) is 6.92 Å². The van der Waals surface area contributed by atoms with Crippen LogP contribution in [0.2, 0.25) is 0 Å². The smallest absolute Gasteiger partial charge is 0.262 e. The fourth-order valence-corrected chi connectivity index (χ4v) is 2.35. The summed E-state index contributed by atoms with van der Waals surface area (Å²) in [6.45, 7) is 1.66. The maximum atomic E-state index is 12.0. The number of ether oxygens (including phenoxy) is 1. The van der Waals surface area contributed by atoms with Crippen LogP contribution in [0.5, 0.6) is 5.75 Å². The maximum Gasteiger partial charge on any atom is 0.262 e. The second-order valence-corrected chi connectivity index (χ2v) is 5.40. The lowest BCUT2D eigenvalue weighted by Crippen LogP contribution is -2.20. The van der Waals surface area contributed by atoms with Crippen molar-refractivity contribution in [1.82, 2.24) is 5.16 Å². The minimum absolute atomic E-state index is 0.0730. The van der Waals surface area contributed by atoms with Gasteiger partial charge in [0.1, 0.15) is 11.4 Å². The van der Waals surface area contributed by atoms with Gasteiger partial charge in [-0.25, -0.2) is 0 Å². The van der Waals surface area contributed by atoms with Gasteiger partial charge in [0.05, 0.1) is 6.20 Å². The number of hydrogen-bond donors (Lipinski definition) is 1. The number of rotatable bonds is 6. The van der Waals surface area contributed by atoms with Crippen LogP contribution in [0.25, 0.3) is 0 Å². The summed E-state index contributed by atoms with van der Waals surface area (Å²) in [5, 5.41) is 6.33. The van der Waals surface area contributed by atoms with E-state index in [1.54, 1.807) is 6.92 Å². The summed E-state index contributed by atoms with van der Waals surface area (Å²) in [4.78, 5) is 12.0. The molecule has 1 heterocycles. The molecule has 0 unspecified atom stereocenters. The summed E-state index contributed by atoms with van der Waals surface area (Å²) < 4.78 is 10.6. The minimum atomic E-state index is -0.254. The Labute approximate surface area is 140 Å². The predicted octanol–water partition coefficient (Wildman–Crippen LogP) is 3.59. The van der Waals surface area contributed by atoms with E-state index in [1.807, 2.05) is 42.5 Å². The Morgan fingerprint density at radius 1 is 1.12 bits per heavy atom. The summed E-state index contributed by atoms with van der Waals surface area (Å²) >= 11 is 0. The van der Waals surface area contributed by atoms with Gasteiger partial charge in [-0.15, -0.1) is 0 Å². The fourth-order valence-electron chi connectivity index (χ4n) is 2.35. The molecule has 0 bridgehead atoms. The molecule has 0 radical (unpaired) electrons. The number of nitrogens with zero attached hydrogens (tertiary/aromatic N) is 1. The third-order valence-corrected chi connectivity index (χ3v) is 3.59. The lowest BCUT2D eigenvalue weighted by molar-refractivity contribution is -0.118. The highest BCUT2D eigenvalue weighted by Gasteiger charge is 2.10. The fraction of sp³-hybridized carbons (Fsp3) is 0.158. The molecule has 0 aliphatic carbocycles. The summed E-state index contributed by atoms with van der Waals surface area (Å²) in [6.07, 6.45) is 2.22. The third-order valence-electron chi connectivity index (χ3n) is 3.59. The van der Waals surface area contributed by atoms with Crippen LogP contribution in [0.3, 0.4) is 0 Å². The Bertz CT molecular complexity index is 812. The van der Waals surface area contributed by atoms with Crippen LogP contribution in [0.1, 0.15) is 16.9 Å². The molecule has 1 N–H and O–H groups in total. The van der Waals surface area contributed by atoms with Crippen LogP contribution in [-0.4, -0.2) is 17.7 Å². The molecule has 0 atom stereocenters. The Hall–Kier alpha value is -3.08. The van der Waals surface area contributed by atoms with Gasteiger partial charge in [0.2, 0.25) is 0 Å². The van der Waals surface area contributed by atoms with Gasteiger partial charge in [-0.2, -0.15) is 0 Å². The zero-order valence-electron chi connectivity index (χ0n) is 13.4. The molecule has 0 aliphatic heterocycles. The SMILES string of the molecule is Cc1oncc1NC(=O)COc1ccccc1Cc1ccccc1. The van der Waals surface area contributed by atoms with Crippen LogP contribution in [0.4, 0.5) is 5.69 Å². The zero-order valence-corrected chi connectivity index (χ0v) is 13.4. The van der Waals surface area contributed by atoms with Crippen LogP contribution in [-0.2, 0) is 11.2 Å². The number of benzene rings is 2. The largest absolute Gasteiger partial charge is 0.483 e. The van der Waals surface area contributed by atoms with Crippen LogP contribution < -0.4 is 10.1 Å². The molecule has 0 saturated carbocycles. The van der Waals surface area contributed by atoms with Gasteiger partial charge in [-0.1, -0.05) is 53.7 Å². The molecule has 0 fully saturated rings. The maximum absolute atomic E-state index is 12.0. The molecule has 1 amide bonds. The van der Waals surface area contributed by atoms with Crippen LogP contribution in [0.15, 0.2) is 65.3 Å². The number of carbonyl (C=O) groups excluding carboxylic acids is 1. The van der Waals surface area contributed by atoms with E-state index in [4.69, 9.17) is 9.26 Å². The molecule has 5 heteroatoms. The van der Waals surface area contributed by atoms with E-state index in [0.717, 1.165) is 12.0 Å². The average Bonchev–Trinajstić information content (AvgIpc) is 3.00. The number of aryl methyl sites for hydroxylation is 1. The molecular weight excluding hydrogens is 304 g/mol. The molecule has 0 aliphatic rings.